The van der Waals surface area contributed by atoms with Crippen molar-refractivity contribution < 1.29 is 4.79 Å². The minimum absolute atomic E-state index is 0.249. The van der Waals surface area contributed by atoms with Crippen LogP contribution >= 0.6 is 0 Å². The number of nitrogens with one attached hydrogen (secondary N) is 1. The molecule has 0 radical (unpaired) electrons. The van der Waals surface area contributed by atoms with E-state index in [1.165, 1.54) is 0 Å². The molecule has 7 nitrogen and oxygen atoms in total. The molecule has 110 valence electrons. The molecule has 2 rings (SSSR count). The molecular weight excluding hydrogens is 268 g/mol. The van der Waals surface area contributed by atoms with Crippen LogP contribution in [0, 0.1) is 27.7 Å². The van der Waals surface area contributed by atoms with Crippen LogP contribution in [0.15, 0.2) is 6.20 Å². The van der Waals surface area contributed by atoms with Gasteiger partial charge in [-0.3, -0.25) is 9.78 Å². The summed E-state index contributed by atoms with van der Waals surface area (Å²) in [5.74, 6) is 0.673. The predicted molar refractivity (Wildman–Crippen MR) is 78.6 cm³/mol. The van der Waals surface area contributed by atoms with Gasteiger partial charge in [0.25, 0.3) is 5.91 Å². The SMILES string of the molecule is Cc1ncc(CNC(=O)c2nc(C)c(C)nc2C)c(N)n1. The maximum absolute atomic E-state index is 12.2. The van der Waals surface area contributed by atoms with Gasteiger partial charge in [0, 0.05) is 18.3 Å². The molecule has 1 amide bonds. The third kappa shape index (κ3) is 3.31. The van der Waals surface area contributed by atoms with E-state index in [1.54, 1.807) is 20.0 Å². The Morgan fingerprint density at radius 3 is 2.43 bits per heavy atom. The lowest BCUT2D eigenvalue weighted by atomic mass is 10.2. The predicted octanol–water partition coefficient (Wildman–Crippen LogP) is 1.01. The summed E-state index contributed by atoms with van der Waals surface area (Å²) in [5, 5.41) is 2.76. The molecule has 2 heterocycles. The van der Waals surface area contributed by atoms with Gasteiger partial charge in [-0.05, 0) is 27.7 Å². The van der Waals surface area contributed by atoms with E-state index in [2.05, 4.69) is 25.3 Å². The van der Waals surface area contributed by atoms with Crippen LogP contribution in [0.25, 0.3) is 0 Å². The second-order valence-corrected chi connectivity index (χ2v) is 4.84. The molecule has 0 aliphatic carbocycles. The number of nitrogens with zero attached hydrogens (tertiary/aromatic N) is 4. The van der Waals surface area contributed by atoms with Gasteiger partial charge in [0.05, 0.1) is 17.1 Å². The number of nitrogen functional groups attached to an aromatic ring is 1. The summed E-state index contributed by atoms with van der Waals surface area (Å²) in [7, 11) is 0. The van der Waals surface area contributed by atoms with Crippen LogP contribution in [0.1, 0.15) is 39.0 Å². The van der Waals surface area contributed by atoms with Crippen molar-refractivity contribution in [1.82, 2.24) is 25.3 Å². The van der Waals surface area contributed by atoms with Gasteiger partial charge in [-0.15, -0.1) is 0 Å². The molecule has 0 saturated carbocycles. The van der Waals surface area contributed by atoms with Gasteiger partial charge < -0.3 is 11.1 Å². The van der Waals surface area contributed by atoms with E-state index in [1.807, 2.05) is 13.8 Å². The minimum atomic E-state index is -0.289. The van der Waals surface area contributed by atoms with E-state index in [0.29, 0.717) is 28.6 Å². The van der Waals surface area contributed by atoms with E-state index in [9.17, 15) is 4.79 Å². The van der Waals surface area contributed by atoms with Crippen molar-refractivity contribution in [1.29, 1.82) is 0 Å². The third-order valence-electron chi connectivity index (χ3n) is 3.15. The number of amides is 1. The minimum Gasteiger partial charge on any atom is -0.383 e. The highest BCUT2D eigenvalue weighted by molar-refractivity contribution is 5.93. The Labute approximate surface area is 123 Å². The number of nitrogens with two attached hydrogens (primary N) is 1. The number of aromatic nitrogens is 4. The summed E-state index contributed by atoms with van der Waals surface area (Å²) in [6.07, 6.45) is 1.61. The van der Waals surface area contributed by atoms with Crippen LogP contribution in [0.4, 0.5) is 5.82 Å². The van der Waals surface area contributed by atoms with E-state index >= 15 is 0 Å². The first kappa shape index (κ1) is 14.8. The van der Waals surface area contributed by atoms with Crippen molar-refractivity contribution in [2.45, 2.75) is 34.2 Å². The fraction of sp³-hybridized carbons (Fsp3) is 0.357. The largest absolute Gasteiger partial charge is 0.383 e. The highest BCUT2D eigenvalue weighted by atomic mass is 16.1. The first-order valence-corrected chi connectivity index (χ1v) is 6.56. The summed E-state index contributed by atoms with van der Waals surface area (Å²) in [5.41, 5.74) is 8.94. The monoisotopic (exact) mass is 286 g/mol. The Balaban J connectivity index is 2.13. The average molecular weight is 286 g/mol. The van der Waals surface area contributed by atoms with Crippen LogP contribution in [0.2, 0.25) is 0 Å². The second-order valence-electron chi connectivity index (χ2n) is 4.84. The van der Waals surface area contributed by atoms with Crippen molar-refractivity contribution in [3.63, 3.8) is 0 Å². The Morgan fingerprint density at radius 2 is 1.76 bits per heavy atom. The average Bonchev–Trinajstić information content (AvgIpc) is 2.41. The first-order valence-electron chi connectivity index (χ1n) is 6.56. The van der Waals surface area contributed by atoms with Crippen LogP contribution in [-0.4, -0.2) is 25.8 Å². The molecular formula is C14H18N6O. The number of anilines is 1. The maximum Gasteiger partial charge on any atom is 0.272 e. The second kappa shape index (κ2) is 5.82. The van der Waals surface area contributed by atoms with Gasteiger partial charge in [0.15, 0.2) is 0 Å². The number of carbonyl (C=O) groups excluding carboxylic acids is 1. The van der Waals surface area contributed by atoms with E-state index in [-0.39, 0.29) is 12.5 Å². The Kier molecular flexibility index (Phi) is 4.11. The fourth-order valence-corrected chi connectivity index (χ4v) is 1.84. The van der Waals surface area contributed by atoms with Crippen molar-refractivity contribution >= 4 is 11.7 Å². The topological polar surface area (TPSA) is 107 Å². The Hall–Kier alpha value is -2.57. The van der Waals surface area contributed by atoms with Gasteiger partial charge >= 0.3 is 0 Å². The van der Waals surface area contributed by atoms with Crippen LogP contribution in [0.3, 0.4) is 0 Å². The van der Waals surface area contributed by atoms with E-state index < -0.39 is 0 Å². The third-order valence-corrected chi connectivity index (χ3v) is 3.15. The molecule has 0 aromatic carbocycles. The highest BCUT2D eigenvalue weighted by Crippen LogP contribution is 2.09. The van der Waals surface area contributed by atoms with Crippen molar-refractivity contribution in [3.05, 3.63) is 40.4 Å². The van der Waals surface area contributed by atoms with Crippen molar-refractivity contribution in [2.24, 2.45) is 0 Å². The summed E-state index contributed by atoms with van der Waals surface area (Å²) in [6.45, 7) is 7.45. The molecule has 0 aliphatic heterocycles. The molecule has 3 N–H and O–H groups in total. The zero-order chi connectivity index (χ0) is 15.6. The molecule has 0 spiro atoms. The van der Waals surface area contributed by atoms with Crippen LogP contribution in [0.5, 0.6) is 0 Å². The molecule has 2 aromatic rings. The lowest BCUT2D eigenvalue weighted by molar-refractivity contribution is 0.0944. The number of hydrogen-bond acceptors (Lipinski definition) is 6. The number of carbonyl (C=O) groups is 1. The molecule has 0 unspecified atom stereocenters. The van der Waals surface area contributed by atoms with Crippen LogP contribution in [-0.2, 0) is 6.54 Å². The molecule has 0 fully saturated rings. The zero-order valence-electron chi connectivity index (χ0n) is 12.6. The van der Waals surface area contributed by atoms with E-state index in [4.69, 9.17) is 5.73 Å². The molecule has 0 saturated heterocycles. The highest BCUT2D eigenvalue weighted by Gasteiger charge is 2.14. The lowest BCUT2D eigenvalue weighted by Gasteiger charge is -2.09. The summed E-state index contributed by atoms with van der Waals surface area (Å²) in [4.78, 5) is 28.9. The summed E-state index contributed by atoms with van der Waals surface area (Å²) < 4.78 is 0. The van der Waals surface area contributed by atoms with Gasteiger partial charge in [-0.2, -0.15) is 0 Å². The normalized spacial score (nSPS) is 10.5. The quantitative estimate of drug-likeness (QED) is 0.872. The maximum atomic E-state index is 12.2. The van der Waals surface area contributed by atoms with Gasteiger partial charge in [-0.25, -0.2) is 15.0 Å². The molecule has 2 aromatic heterocycles. The molecule has 0 aliphatic rings. The standard InChI is InChI=1S/C14H18N6O/c1-7-8(2)19-12(9(3)18-7)14(21)17-6-11-5-16-10(4)20-13(11)15/h5H,6H2,1-4H3,(H,17,21)(H2,15,16,20). The van der Waals surface area contributed by atoms with Gasteiger partial charge in [-0.1, -0.05) is 0 Å². The fourth-order valence-electron chi connectivity index (χ4n) is 1.84. The Morgan fingerprint density at radius 1 is 1.10 bits per heavy atom. The Bertz CT molecular complexity index is 698. The summed E-state index contributed by atoms with van der Waals surface area (Å²) >= 11 is 0. The zero-order valence-corrected chi connectivity index (χ0v) is 12.6. The molecule has 0 atom stereocenters. The molecule has 0 bridgehead atoms. The van der Waals surface area contributed by atoms with Gasteiger partial charge in [0.1, 0.15) is 17.3 Å². The number of rotatable bonds is 3. The number of hydrogen-bond donors (Lipinski definition) is 2. The lowest BCUT2D eigenvalue weighted by Crippen LogP contribution is -2.26. The molecule has 21 heavy (non-hydrogen) atoms. The van der Waals surface area contributed by atoms with Crippen molar-refractivity contribution in [2.75, 3.05) is 5.73 Å². The summed E-state index contributed by atoms with van der Waals surface area (Å²) in [6, 6.07) is 0. The molecule has 7 heteroatoms. The van der Waals surface area contributed by atoms with Crippen LogP contribution < -0.4 is 11.1 Å². The van der Waals surface area contributed by atoms with E-state index in [0.717, 1.165) is 11.4 Å². The smallest absolute Gasteiger partial charge is 0.272 e. The van der Waals surface area contributed by atoms with Gasteiger partial charge in [0.2, 0.25) is 0 Å². The van der Waals surface area contributed by atoms with Crippen molar-refractivity contribution in [3.8, 4) is 0 Å². The first-order chi connectivity index (χ1) is 9.88. The number of aryl methyl sites for hydroxylation is 4.